The number of rotatable bonds is 5. The highest BCUT2D eigenvalue weighted by molar-refractivity contribution is 5.73. The summed E-state index contributed by atoms with van der Waals surface area (Å²) in [6, 6.07) is 0. The van der Waals surface area contributed by atoms with E-state index in [0.717, 1.165) is 38.9 Å². The lowest BCUT2D eigenvalue weighted by Crippen LogP contribution is -2.49. The number of hydrogen-bond acceptors (Lipinski definition) is 8. The quantitative estimate of drug-likeness (QED) is 0.552. The highest BCUT2D eigenvalue weighted by Gasteiger charge is 2.18. The molecule has 120 valence electrons. The van der Waals surface area contributed by atoms with Crippen molar-refractivity contribution in [1.29, 1.82) is 0 Å². The summed E-state index contributed by atoms with van der Waals surface area (Å²) in [5.41, 5.74) is 5.20. The fourth-order valence-electron chi connectivity index (χ4n) is 2.23. The lowest BCUT2D eigenvalue weighted by atomic mass is 10.3. The van der Waals surface area contributed by atoms with Crippen LogP contribution in [0.5, 0.6) is 0 Å². The summed E-state index contributed by atoms with van der Waals surface area (Å²) in [5.74, 6) is 0.218. The van der Waals surface area contributed by atoms with Gasteiger partial charge >= 0.3 is 5.69 Å². The van der Waals surface area contributed by atoms with E-state index in [-0.39, 0.29) is 23.4 Å². The van der Waals surface area contributed by atoms with Gasteiger partial charge in [-0.2, -0.15) is 4.98 Å². The van der Waals surface area contributed by atoms with Gasteiger partial charge in [0.2, 0.25) is 17.7 Å². The molecular weight excluding hydrogens is 290 g/mol. The summed E-state index contributed by atoms with van der Waals surface area (Å²) in [5, 5.41) is 13.6. The van der Waals surface area contributed by atoms with Crippen LogP contribution in [0.1, 0.15) is 6.92 Å². The lowest BCUT2D eigenvalue weighted by molar-refractivity contribution is -0.384. The number of nitrogens with two attached hydrogens (primary N) is 1. The third kappa shape index (κ3) is 4.01. The molecule has 0 radical (unpaired) electrons. The van der Waals surface area contributed by atoms with Crippen LogP contribution < -0.4 is 11.1 Å². The monoisotopic (exact) mass is 309 g/mol. The van der Waals surface area contributed by atoms with Gasteiger partial charge in [0, 0.05) is 46.2 Å². The van der Waals surface area contributed by atoms with Gasteiger partial charge < -0.3 is 16.0 Å². The predicted octanol–water partition coefficient (Wildman–Crippen LogP) is -0.457. The first-order chi connectivity index (χ1) is 10.5. The van der Waals surface area contributed by atoms with E-state index < -0.39 is 4.92 Å². The van der Waals surface area contributed by atoms with Crippen molar-refractivity contribution in [3.05, 3.63) is 16.3 Å². The number of aromatic nitrogens is 2. The average molecular weight is 309 g/mol. The van der Waals surface area contributed by atoms with Crippen LogP contribution in [-0.2, 0) is 4.79 Å². The van der Waals surface area contributed by atoms with Crippen LogP contribution in [0.2, 0.25) is 0 Å². The van der Waals surface area contributed by atoms with Crippen molar-refractivity contribution in [1.82, 2.24) is 19.8 Å². The molecule has 10 nitrogen and oxygen atoms in total. The van der Waals surface area contributed by atoms with Crippen LogP contribution in [0.3, 0.4) is 0 Å². The van der Waals surface area contributed by atoms with E-state index in [1.165, 1.54) is 0 Å². The summed E-state index contributed by atoms with van der Waals surface area (Å²) >= 11 is 0. The minimum absolute atomic E-state index is 0.104. The van der Waals surface area contributed by atoms with E-state index >= 15 is 0 Å². The number of piperazine rings is 1. The summed E-state index contributed by atoms with van der Waals surface area (Å²) in [4.78, 5) is 33.0. The highest BCUT2D eigenvalue weighted by Crippen LogP contribution is 2.17. The van der Waals surface area contributed by atoms with Crippen LogP contribution in [0, 0.1) is 10.1 Å². The second-order valence-electron chi connectivity index (χ2n) is 5.00. The van der Waals surface area contributed by atoms with E-state index in [0.29, 0.717) is 6.54 Å². The van der Waals surface area contributed by atoms with Gasteiger partial charge in [0.1, 0.15) is 6.20 Å². The Morgan fingerprint density at radius 3 is 2.68 bits per heavy atom. The molecular formula is C12H19N7O3. The number of carbonyl (C=O) groups is 1. The maximum atomic E-state index is 11.2. The lowest BCUT2D eigenvalue weighted by Gasteiger charge is -2.34. The van der Waals surface area contributed by atoms with Gasteiger partial charge in [-0.25, -0.2) is 4.98 Å². The van der Waals surface area contributed by atoms with Crippen molar-refractivity contribution in [2.24, 2.45) is 0 Å². The van der Waals surface area contributed by atoms with Crippen molar-refractivity contribution in [2.75, 3.05) is 50.3 Å². The second-order valence-corrected chi connectivity index (χ2v) is 5.00. The molecule has 1 aromatic heterocycles. The van der Waals surface area contributed by atoms with Crippen LogP contribution in [-0.4, -0.2) is 69.9 Å². The van der Waals surface area contributed by atoms with Crippen LogP contribution in [0.4, 0.5) is 17.5 Å². The van der Waals surface area contributed by atoms with E-state index in [1.54, 1.807) is 6.92 Å². The van der Waals surface area contributed by atoms with Crippen molar-refractivity contribution >= 4 is 23.4 Å². The molecule has 0 aromatic carbocycles. The zero-order chi connectivity index (χ0) is 16.1. The Kier molecular flexibility index (Phi) is 5.04. The summed E-state index contributed by atoms with van der Waals surface area (Å²) < 4.78 is 0. The molecule has 3 N–H and O–H groups in total. The zero-order valence-corrected chi connectivity index (χ0v) is 12.4. The molecule has 1 saturated heterocycles. The Hall–Kier alpha value is -2.49. The molecule has 1 aliphatic heterocycles. The van der Waals surface area contributed by atoms with Gasteiger partial charge in [0.15, 0.2) is 0 Å². The molecule has 0 atom stereocenters. The number of nitrogen functional groups attached to an aromatic ring is 1. The van der Waals surface area contributed by atoms with Gasteiger partial charge in [-0.3, -0.25) is 19.8 Å². The number of nitrogens with one attached hydrogen (secondary N) is 1. The second kappa shape index (κ2) is 6.98. The maximum Gasteiger partial charge on any atom is 0.329 e. The summed E-state index contributed by atoms with van der Waals surface area (Å²) in [6.45, 7) is 6.05. The van der Waals surface area contributed by atoms with Crippen molar-refractivity contribution in [3.63, 3.8) is 0 Å². The van der Waals surface area contributed by atoms with Crippen LogP contribution >= 0.6 is 0 Å². The zero-order valence-electron chi connectivity index (χ0n) is 12.4. The maximum absolute atomic E-state index is 11.2. The number of carbonyl (C=O) groups excluding carboxylic acids is 1. The number of anilines is 2. The van der Waals surface area contributed by atoms with E-state index in [4.69, 9.17) is 5.73 Å². The Morgan fingerprint density at radius 1 is 1.45 bits per heavy atom. The molecule has 1 amide bonds. The molecule has 0 saturated carbocycles. The molecule has 2 rings (SSSR count). The Bertz CT molecular complexity index is 558. The number of hydrogen-bond donors (Lipinski definition) is 2. The average Bonchev–Trinajstić information content (AvgIpc) is 2.47. The molecule has 0 aliphatic carbocycles. The molecule has 22 heavy (non-hydrogen) atoms. The first-order valence-electron chi connectivity index (χ1n) is 6.96. The molecule has 0 spiro atoms. The number of nitrogens with zero attached hydrogens (tertiary/aromatic N) is 5. The summed E-state index contributed by atoms with van der Waals surface area (Å²) in [6.07, 6.45) is 1.09. The van der Waals surface area contributed by atoms with Crippen LogP contribution in [0.25, 0.3) is 0 Å². The van der Waals surface area contributed by atoms with E-state index in [9.17, 15) is 14.9 Å². The number of nitro groups is 1. The topological polar surface area (TPSA) is 131 Å². The van der Waals surface area contributed by atoms with E-state index in [1.807, 2.05) is 4.90 Å². The molecule has 2 heterocycles. The fraction of sp³-hybridized carbons (Fsp3) is 0.583. The van der Waals surface area contributed by atoms with Gasteiger partial charge in [-0.05, 0) is 0 Å². The van der Waals surface area contributed by atoms with E-state index in [2.05, 4.69) is 20.2 Å². The normalized spacial score (nSPS) is 15.6. The van der Waals surface area contributed by atoms with Crippen molar-refractivity contribution < 1.29 is 9.72 Å². The molecule has 0 bridgehead atoms. The third-order valence-corrected chi connectivity index (χ3v) is 3.52. The van der Waals surface area contributed by atoms with Gasteiger partial charge in [-0.15, -0.1) is 0 Å². The standard InChI is InChI=1S/C12H19N7O3/c1-9(20)18-6-4-17(5-7-18)3-2-14-12-15-8-10(19(21)22)11(13)16-12/h8H,2-7H2,1H3,(H3,13,14,15,16). The molecule has 1 fully saturated rings. The predicted molar refractivity (Wildman–Crippen MR) is 80.3 cm³/mol. The number of amides is 1. The molecule has 10 heteroatoms. The van der Waals surface area contributed by atoms with Gasteiger partial charge in [0.25, 0.3) is 0 Å². The Labute approximate surface area is 127 Å². The first-order valence-corrected chi connectivity index (χ1v) is 6.96. The fourth-order valence-corrected chi connectivity index (χ4v) is 2.23. The smallest absolute Gasteiger partial charge is 0.329 e. The van der Waals surface area contributed by atoms with Gasteiger partial charge in [0.05, 0.1) is 4.92 Å². The third-order valence-electron chi connectivity index (χ3n) is 3.52. The van der Waals surface area contributed by atoms with Crippen molar-refractivity contribution in [2.45, 2.75) is 6.92 Å². The largest absolute Gasteiger partial charge is 0.378 e. The minimum atomic E-state index is -0.617. The van der Waals surface area contributed by atoms with Crippen LogP contribution in [0.15, 0.2) is 6.20 Å². The summed E-state index contributed by atoms with van der Waals surface area (Å²) in [7, 11) is 0. The molecule has 1 aromatic rings. The Balaban J connectivity index is 1.76. The molecule has 0 unspecified atom stereocenters. The SMILES string of the molecule is CC(=O)N1CCN(CCNc2ncc([N+](=O)[O-])c(N)n2)CC1. The highest BCUT2D eigenvalue weighted by atomic mass is 16.6. The molecule has 1 aliphatic rings. The minimum Gasteiger partial charge on any atom is -0.378 e. The Morgan fingerprint density at radius 2 is 2.14 bits per heavy atom. The van der Waals surface area contributed by atoms with Crippen molar-refractivity contribution in [3.8, 4) is 0 Å². The first kappa shape index (κ1) is 15.9. The van der Waals surface area contributed by atoms with Gasteiger partial charge in [-0.1, -0.05) is 0 Å².